The number of aromatic nitrogens is 4. The van der Waals surface area contributed by atoms with Gasteiger partial charge in [-0.1, -0.05) is 30.3 Å². The molecule has 8 nitrogen and oxygen atoms in total. The van der Waals surface area contributed by atoms with Crippen LogP contribution in [0.5, 0.6) is 0 Å². The van der Waals surface area contributed by atoms with Crippen LogP contribution in [0.25, 0.3) is 11.2 Å². The van der Waals surface area contributed by atoms with E-state index < -0.39 is 5.79 Å². The molecule has 5 rings (SSSR count). The fourth-order valence-corrected chi connectivity index (χ4v) is 4.26. The van der Waals surface area contributed by atoms with Crippen LogP contribution in [0.2, 0.25) is 0 Å². The van der Waals surface area contributed by atoms with E-state index in [1.54, 1.807) is 6.33 Å². The van der Waals surface area contributed by atoms with Gasteiger partial charge in [0.15, 0.2) is 17.3 Å². The van der Waals surface area contributed by atoms with Crippen LogP contribution in [0, 0.1) is 12.3 Å². The average Bonchev–Trinajstić information content (AvgIpc) is 3.35. The van der Waals surface area contributed by atoms with Crippen LogP contribution in [0.1, 0.15) is 25.5 Å². The second kappa shape index (κ2) is 7.05. The zero-order chi connectivity index (χ0) is 20.0. The summed E-state index contributed by atoms with van der Waals surface area (Å²) in [6, 6.07) is 10.1. The van der Waals surface area contributed by atoms with Gasteiger partial charge in [-0.3, -0.25) is 0 Å². The zero-order valence-corrected chi connectivity index (χ0v) is 16.4. The first-order valence-corrected chi connectivity index (χ1v) is 9.77. The van der Waals surface area contributed by atoms with E-state index in [2.05, 4.69) is 33.5 Å². The molecule has 1 aliphatic carbocycles. The Labute approximate surface area is 169 Å². The quantitative estimate of drug-likeness (QED) is 0.710. The summed E-state index contributed by atoms with van der Waals surface area (Å²) in [5.74, 6) is -0.189. The highest BCUT2D eigenvalue weighted by molar-refractivity contribution is 5.81. The predicted molar refractivity (Wildman–Crippen MR) is 106 cm³/mol. The summed E-state index contributed by atoms with van der Waals surface area (Å²) >= 11 is 0. The Morgan fingerprint density at radius 1 is 1.10 bits per heavy atom. The van der Waals surface area contributed by atoms with Crippen molar-refractivity contribution in [1.29, 1.82) is 0 Å². The van der Waals surface area contributed by atoms with Crippen LogP contribution >= 0.6 is 0 Å². The van der Waals surface area contributed by atoms with Crippen LogP contribution in [-0.2, 0) is 20.8 Å². The summed E-state index contributed by atoms with van der Waals surface area (Å²) in [7, 11) is 0. The minimum absolute atomic E-state index is 0.0774. The van der Waals surface area contributed by atoms with E-state index in [0.29, 0.717) is 30.2 Å². The van der Waals surface area contributed by atoms with E-state index in [9.17, 15) is 0 Å². The molecule has 8 heteroatoms. The Balaban J connectivity index is 1.38. The molecule has 1 radical (unpaired) electrons. The Bertz CT molecular complexity index is 1010. The van der Waals surface area contributed by atoms with Gasteiger partial charge in [0.05, 0.1) is 31.7 Å². The van der Waals surface area contributed by atoms with Crippen molar-refractivity contribution in [3.8, 4) is 0 Å². The number of ether oxygens (including phenoxy) is 3. The summed E-state index contributed by atoms with van der Waals surface area (Å²) in [5, 5.41) is 0. The lowest BCUT2D eigenvalue weighted by Crippen LogP contribution is -2.28. The fourth-order valence-electron chi connectivity index (χ4n) is 4.26. The van der Waals surface area contributed by atoms with Gasteiger partial charge in [0.2, 0.25) is 0 Å². The number of anilines is 1. The molecule has 0 spiro atoms. The number of nitrogen functional groups attached to an aromatic ring is 1. The van der Waals surface area contributed by atoms with Crippen molar-refractivity contribution < 1.29 is 14.2 Å². The van der Waals surface area contributed by atoms with Gasteiger partial charge in [0.1, 0.15) is 17.9 Å². The van der Waals surface area contributed by atoms with Crippen molar-refractivity contribution in [3.63, 3.8) is 0 Å². The van der Waals surface area contributed by atoms with Crippen molar-refractivity contribution in [2.24, 2.45) is 5.92 Å². The average molecular weight is 394 g/mol. The van der Waals surface area contributed by atoms with Crippen molar-refractivity contribution in [3.05, 3.63) is 55.0 Å². The van der Waals surface area contributed by atoms with Crippen LogP contribution in [0.15, 0.2) is 43.0 Å². The van der Waals surface area contributed by atoms with E-state index >= 15 is 0 Å². The van der Waals surface area contributed by atoms with Crippen LogP contribution in [0.4, 0.5) is 5.82 Å². The summed E-state index contributed by atoms with van der Waals surface area (Å²) in [6.07, 6.45) is 5.18. The van der Waals surface area contributed by atoms with E-state index in [-0.39, 0.29) is 24.2 Å². The summed E-state index contributed by atoms with van der Waals surface area (Å²) in [6.45, 7) is 5.00. The highest BCUT2D eigenvalue weighted by Gasteiger charge is 2.55. The van der Waals surface area contributed by atoms with Crippen molar-refractivity contribution >= 4 is 17.0 Å². The minimum atomic E-state index is -0.649. The van der Waals surface area contributed by atoms with Gasteiger partial charge in [-0.15, -0.1) is 0 Å². The molecule has 1 aromatic carbocycles. The van der Waals surface area contributed by atoms with Gasteiger partial charge < -0.3 is 24.5 Å². The Kier molecular flexibility index (Phi) is 4.49. The van der Waals surface area contributed by atoms with Crippen molar-refractivity contribution in [2.45, 2.75) is 44.5 Å². The molecule has 2 fully saturated rings. The third-order valence-corrected chi connectivity index (χ3v) is 5.50. The molecular formula is C21H24N5O3. The lowest BCUT2D eigenvalue weighted by molar-refractivity contribution is -0.158. The molecule has 1 unspecified atom stereocenters. The first kappa shape index (κ1) is 18.5. The number of fused-ring (bicyclic) bond motifs is 2. The lowest BCUT2D eigenvalue weighted by Gasteiger charge is -2.24. The SMILES string of the molecule is CC1(C)OC2[C@H](COCc3ccccc3)[CH][C@@H](n3cnc4c(N)ncnc43)[C@H]2O1. The molecule has 3 aromatic rings. The van der Waals surface area contributed by atoms with E-state index in [1.807, 2.05) is 36.6 Å². The number of nitrogens with zero attached hydrogens (tertiary/aromatic N) is 4. The third kappa shape index (κ3) is 3.37. The third-order valence-electron chi connectivity index (χ3n) is 5.50. The van der Waals surface area contributed by atoms with Crippen LogP contribution < -0.4 is 5.73 Å². The molecule has 1 aliphatic heterocycles. The number of hydrogen-bond donors (Lipinski definition) is 1. The first-order valence-electron chi connectivity index (χ1n) is 9.77. The van der Waals surface area contributed by atoms with Gasteiger partial charge in [0, 0.05) is 5.92 Å². The maximum Gasteiger partial charge on any atom is 0.165 e. The molecule has 3 heterocycles. The number of imidazole rings is 1. The van der Waals surface area contributed by atoms with E-state index in [0.717, 1.165) is 5.56 Å². The molecule has 29 heavy (non-hydrogen) atoms. The minimum Gasteiger partial charge on any atom is -0.382 e. The largest absolute Gasteiger partial charge is 0.382 e. The van der Waals surface area contributed by atoms with Crippen molar-refractivity contribution in [2.75, 3.05) is 12.3 Å². The first-order chi connectivity index (χ1) is 14.0. The van der Waals surface area contributed by atoms with Crippen molar-refractivity contribution in [1.82, 2.24) is 19.5 Å². The predicted octanol–water partition coefficient (Wildman–Crippen LogP) is 2.52. The Hall–Kier alpha value is -2.55. The molecule has 151 valence electrons. The highest BCUT2D eigenvalue weighted by atomic mass is 16.8. The Morgan fingerprint density at radius 3 is 2.72 bits per heavy atom. The maximum atomic E-state index is 6.25. The standard InChI is InChI=1S/C21H24N5O3/c1-21(2)28-17-14(10-27-9-13-6-4-3-5-7-13)8-15(18(17)29-21)26-12-25-16-19(22)23-11-24-20(16)26/h3-8,11-12,14-15,17-18H,9-10H2,1-2H3,(H2,22,23,24)/t14-,15+,17?,18+/m0/s1. The second-order valence-corrected chi connectivity index (χ2v) is 8.00. The highest BCUT2D eigenvalue weighted by Crippen LogP contribution is 2.47. The smallest absolute Gasteiger partial charge is 0.165 e. The van der Waals surface area contributed by atoms with Gasteiger partial charge >= 0.3 is 0 Å². The van der Waals surface area contributed by atoms with Gasteiger partial charge in [-0.05, 0) is 25.8 Å². The Morgan fingerprint density at radius 2 is 1.90 bits per heavy atom. The van der Waals surface area contributed by atoms with Gasteiger partial charge in [-0.2, -0.15) is 0 Å². The topological polar surface area (TPSA) is 97.3 Å². The van der Waals surface area contributed by atoms with E-state index in [1.165, 1.54) is 6.33 Å². The second-order valence-electron chi connectivity index (χ2n) is 8.00. The van der Waals surface area contributed by atoms with Gasteiger partial charge in [0.25, 0.3) is 0 Å². The monoisotopic (exact) mass is 394 g/mol. The molecule has 1 saturated carbocycles. The molecule has 0 amide bonds. The van der Waals surface area contributed by atoms with E-state index in [4.69, 9.17) is 19.9 Å². The lowest BCUT2D eigenvalue weighted by atomic mass is 10.1. The normalized spacial score (nSPS) is 28.1. The molecule has 2 N–H and O–H groups in total. The summed E-state index contributed by atoms with van der Waals surface area (Å²) < 4.78 is 20.5. The number of hydrogen-bond acceptors (Lipinski definition) is 7. The fraction of sp³-hybridized carbons (Fsp3) is 0.429. The zero-order valence-electron chi connectivity index (χ0n) is 16.4. The number of benzene rings is 1. The van der Waals surface area contributed by atoms with Crippen LogP contribution in [0.3, 0.4) is 0 Å². The summed E-state index contributed by atoms with van der Waals surface area (Å²) in [5.41, 5.74) is 8.39. The number of rotatable bonds is 5. The molecule has 4 atom stereocenters. The molecule has 0 bridgehead atoms. The molecule has 2 aromatic heterocycles. The summed E-state index contributed by atoms with van der Waals surface area (Å²) in [4.78, 5) is 12.8. The van der Waals surface area contributed by atoms with Gasteiger partial charge in [-0.25, -0.2) is 15.0 Å². The molecular weight excluding hydrogens is 370 g/mol. The number of nitrogens with two attached hydrogens (primary N) is 1. The maximum absolute atomic E-state index is 6.25. The van der Waals surface area contributed by atoms with Crippen LogP contribution in [-0.4, -0.2) is 44.1 Å². The molecule has 2 aliphatic rings. The molecule has 1 saturated heterocycles.